The Kier molecular flexibility index (Phi) is 8.68. The van der Waals surface area contributed by atoms with Crippen LogP contribution in [-0.2, 0) is 35.6 Å². The van der Waals surface area contributed by atoms with E-state index in [0.717, 1.165) is 18.2 Å². The summed E-state index contributed by atoms with van der Waals surface area (Å²) in [5, 5.41) is 23.5. The van der Waals surface area contributed by atoms with E-state index in [1.807, 2.05) is 10.3 Å². The van der Waals surface area contributed by atoms with E-state index in [4.69, 9.17) is 9.81 Å². The molecule has 5 N–H and O–H groups in total. The number of rotatable bonds is 10. The second kappa shape index (κ2) is 11.0. The van der Waals surface area contributed by atoms with Gasteiger partial charge in [0, 0.05) is 30.9 Å². The van der Waals surface area contributed by atoms with Gasteiger partial charge in [0.15, 0.2) is 0 Å². The third-order valence-corrected chi connectivity index (χ3v) is 5.17. The van der Waals surface area contributed by atoms with E-state index < -0.39 is 68.5 Å². The van der Waals surface area contributed by atoms with Gasteiger partial charge < -0.3 is 5.11 Å². The maximum atomic E-state index is 12.4. The zero-order chi connectivity index (χ0) is 24.8. The molecule has 1 aromatic rings. The van der Waals surface area contributed by atoms with Crippen molar-refractivity contribution in [2.45, 2.75) is 6.54 Å². The van der Waals surface area contributed by atoms with Gasteiger partial charge in [-0.25, -0.2) is 14.8 Å². The summed E-state index contributed by atoms with van der Waals surface area (Å²) >= 11 is 0.568. The average Bonchev–Trinajstić information content (AvgIpc) is 2.70. The quantitative estimate of drug-likeness (QED) is 0.0447. The number of hydrogen-bond acceptors (Lipinski definition) is 12. The summed E-state index contributed by atoms with van der Waals surface area (Å²) in [7, 11) is -4.48. The predicted molar refractivity (Wildman–Crippen MR) is 109 cm³/mol. The maximum Gasteiger partial charge on any atom is 0.331 e. The van der Waals surface area contributed by atoms with Crippen LogP contribution in [0.5, 0.6) is 5.88 Å². The topological polar surface area (TPSA) is 235 Å². The molecule has 0 unspecified atom stereocenters. The van der Waals surface area contributed by atoms with Crippen LogP contribution in [0, 0.1) is 0 Å². The lowest BCUT2D eigenvalue weighted by Gasteiger charge is -2.25. The van der Waals surface area contributed by atoms with Crippen LogP contribution >= 0.6 is 12.0 Å². The first-order valence-corrected chi connectivity index (χ1v) is 11.1. The molecular weight excluding hydrogens is 492 g/mol. The van der Waals surface area contributed by atoms with Crippen LogP contribution in [0.25, 0.3) is 6.08 Å². The molecule has 1 fully saturated rings. The molecule has 1 saturated heterocycles. The van der Waals surface area contributed by atoms with Gasteiger partial charge in [0.25, 0.3) is 27.5 Å². The number of H-pyrrole nitrogens is 1. The summed E-state index contributed by atoms with van der Waals surface area (Å²) in [6.07, 6.45) is 2.86. The number of carbonyl (C=O) groups excluding carboxylic acids is 3. The molecule has 1 aliphatic rings. The van der Waals surface area contributed by atoms with Crippen LogP contribution in [0.3, 0.4) is 0 Å². The number of imide groups is 2. The van der Waals surface area contributed by atoms with Crippen LogP contribution in [0.4, 0.5) is 4.79 Å². The van der Waals surface area contributed by atoms with E-state index in [0.29, 0.717) is 21.5 Å². The zero-order valence-electron chi connectivity index (χ0n) is 16.3. The Morgan fingerprint density at radius 3 is 2.45 bits per heavy atom. The SMILES string of the molecule is O=C1NC(=O)N(CCSOOO)C(=O)/C1=C/C=C/c1c(O)n(CCS(=O)(=O)O)c(=O)[nH]c1=O. The third kappa shape index (κ3) is 6.84. The molecule has 16 nitrogen and oxygen atoms in total. The molecule has 0 saturated carbocycles. The second-order valence-corrected chi connectivity index (χ2v) is 8.41. The number of allylic oxidation sites excluding steroid dienone is 2. The summed E-state index contributed by atoms with van der Waals surface area (Å²) < 4.78 is 35.2. The molecule has 33 heavy (non-hydrogen) atoms. The number of aromatic hydroxyl groups is 1. The Morgan fingerprint density at radius 2 is 1.82 bits per heavy atom. The third-order valence-electron chi connectivity index (χ3n) is 3.97. The van der Waals surface area contributed by atoms with Crippen molar-refractivity contribution in [3.05, 3.63) is 44.1 Å². The molecule has 0 aliphatic carbocycles. The summed E-state index contributed by atoms with van der Waals surface area (Å²) in [5.74, 6) is -3.90. The molecule has 2 rings (SSSR count). The first kappa shape index (κ1) is 26.0. The van der Waals surface area contributed by atoms with Crippen molar-refractivity contribution in [1.29, 1.82) is 0 Å². The van der Waals surface area contributed by atoms with Gasteiger partial charge in [-0.15, -0.1) is 4.33 Å². The number of aromatic amines is 1. The molecule has 0 aromatic carbocycles. The van der Waals surface area contributed by atoms with Crippen LogP contribution in [0.2, 0.25) is 0 Å². The van der Waals surface area contributed by atoms with Crippen LogP contribution in [0.15, 0.2) is 27.3 Å². The monoisotopic (exact) mass is 508 g/mol. The molecule has 2 heterocycles. The number of hydrogen-bond donors (Lipinski definition) is 5. The van der Waals surface area contributed by atoms with E-state index in [-0.39, 0.29) is 12.3 Å². The fourth-order valence-corrected chi connectivity index (χ4v) is 3.26. The first-order chi connectivity index (χ1) is 15.5. The minimum absolute atomic E-state index is 0.0224. The molecule has 4 amide bonds. The molecule has 0 bridgehead atoms. The van der Waals surface area contributed by atoms with Gasteiger partial charge in [-0.05, 0) is 12.2 Å². The zero-order valence-corrected chi connectivity index (χ0v) is 17.9. The predicted octanol–water partition coefficient (Wildman–Crippen LogP) is -1.78. The number of carbonyl (C=O) groups is 3. The molecule has 0 atom stereocenters. The highest BCUT2D eigenvalue weighted by molar-refractivity contribution is 7.94. The molecule has 18 heteroatoms. The number of barbiturate groups is 1. The van der Waals surface area contributed by atoms with Crippen LogP contribution in [-0.4, -0.2) is 73.7 Å². The maximum absolute atomic E-state index is 12.4. The van der Waals surface area contributed by atoms with Crippen LogP contribution in [0.1, 0.15) is 5.56 Å². The van der Waals surface area contributed by atoms with Gasteiger partial charge in [0.1, 0.15) is 11.1 Å². The summed E-state index contributed by atoms with van der Waals surface area (Å²) in [6.45, 7) is -0.907. The standard InChI is InChI=1S/C15H16N4O12S2/c20-10-8(12(22)18(14(24)16-10)4-6-32-31-30-26)2-1-3-9-11(21)17-15(25)19(13(9)23)5-7-33(27,28)29/h1-3,23,26H,4-7H2,(H,16,20,24)(H,17,21,25)(H,27,28,29)/b3-1+,8-2+. The van der Waals surface area contributed by atoms with Crippen molar-refractivity contribution in [1.82, 2.24) is 19.8 Å². The molecule has 0 radical (unpaired) electrons. The van der Waals surface area contributed by atoms with E-state index in [1.54, 1.807) is 0 Å². The number of urea groups is 1. The van der Waals surface area contributed by atoms with E-state index in [1.165, 1.54) is 0 Å². The molecule has 1 aromatic heterocycles. The number of nitrogens with zero attached hydrogens (tertiary/aromatic N) is 2. The minimum atomic E-state index is -4.48. The Morgan fingerprint density at radius 1 is 1.12 bits per heavy atom. The highest BCUT2D eigenvalue weighted by Gasteiger charge is 2.35. The fraction of sp³-hybridized carbons (Fsp3) is 0.267. The van der Waals surface area contributed by atoms with Crippen molar-refractivity contribution in [2.24, 2.45) is 0 Å². The van der Waals surface area contributed by atoms with E-state index in [2.05, 4.69) is 9.37 Å². The van der Waals surface area contributed by atoms with Gasteiger partial charge in [-0.3, -0.25) is 38.7 Å². The lowest BCUT2D eigenvalue weighted by Crippen LogP contribution is -2.54. The Balaban J connectivity index is 2.29. The van der Waals surface area contributed by atoms with Crippen molar-refractivity contribution in [3.63, 3.8) is 0 Å². The lowest BCUT2D eigenvalue weighted by molar-refractivity contribution is -0.432. The van der Waals surface area contributed by atoms with Crippen molar-refractivity contribution < 1.29 is 47.1 Å². The smallest absolute Gasteiger partial charge is 0.331 e. The number of amides is 4. The van der Waals surface area contributed by atoms with Gasteiger partial charge in [-0.2, -0.15) is 8.42 Å². The van der Waals surface area contributed by atoms with Crippen LogP contribution < -0.4 is 16.6 Å². The van der Waals surface area contributed by atoms with Crippen molar-refractivity contribution in [2.75, 3.05) is 18.1 Å². The van der Waals surface area contributed by atoms with E-state index >= 15 is 0 Å². The van der Waals surface area contributed by atoms with Gasteiger partial charge >= 0.3 is 11.7 Å². The lowest BCUT2D eigenvalue weighted by atomic mass is 10.1. The van der Waals surface area contributed by atoms with Crippen molar-refractivity contribution >= 4 is 46.1 Å². The molecule has 0 spiro atoms. The second-order valence-electron chi connectivity index (χ2n) is 6.05. The summed E-state index contributed by atoms with van der Waals surface area (Å²) in [4.78, 5) is 62.5. The highest BCUT2D eigenvalue weighted by atomic mass is 32.2. The molecule has 1 aliphatic heterocycles. The Bertz CT molecular complexity index is 1230. The summed E-state index contributed by atoms with van der Waals surface area (Å²) in [6, 6.07) is -1.00. The number of aromatic nitrogens is 2. The number of nitrogens with one attached hydrogen (secondary N) is 2. The first-order valence-electron chi connectivity index (χ1n) is 8.62. The largest absolute Gasteiger partial charge is 0.494 e. The average molecular weight is 508 g/mol. The van der Waals surface area contributed by atoms with Gasteiger partial charge in [0.05, 0.1) is 5.75 Å². The van der Waals surface area contributed by atoms with Crippen molar-refractivity contribution in [3.8, 4) is 5.88 Å². The Labute approximate surface area is 187 Å². The highest BCUT2D eigenvalue weighted by Crippen LogP contribution is 2.15. The molecule has 180 valence electrons. The van der Waals surface area contributed by atoms with E-state index in [9.17, 15) is 37.5 Å². The minimum Gasteiger partial charge on any atom is -0.494 e. The fourth-order valence-electron chi connectivity index (χ4n) is 2.48. The van der Waals surface area contributed by atoms with Gasteiger partial charge in [-0.1, -0.05) is 11.1 Å². The van der Waals surface area contributed by atoms with Gasteiger partial charge in [0.2, 0.25) is 5.88 Å². The Hall–Kier alpha value is -3.29. The normalized spacial score (nSPS) is 16.1. The summed E-state index contributed by atoms with van der Waals surface area (Å²) in [5.41, 5.74) is -3.22. The molecular formula is C15H16N4O12S2.